The predicted octanol–water partition coefficient (Wildman–Crippen LogP) is 2.35. The standard InChI is InChI=1S/C18H29N3O2/c1-3-21(4-2)12-13-23-17-9-7-16(8-10-17)20-18(22)15-6-5-11-19-14-15/h7-10,15,19H,3-6,11-14H2,1-2H3,(H,20,22). The molecule has 0 spiro atoms. The van der Waals surface area contributed by atoms with Crippen LogP contribution >= 0.6 is 0 Å². The van der Waals surface area contributed by atoms with Gasteiger partial charge in [0.15, 0.2) is 0 Å². The third kappa shape index (κ3) is 5.84. The number of rotatable bonds is 8. The maximum absolute atomic E-state index is 12.2. The molecule has 0 aliphatic carbocycles. The molecule has 1 unspecified atom stereocenters. The number of carbonyl (C=O) groups excluding carboxylic acids is 1. The summed E-state index contributed by atoms with van der Waals surface area (Å²) < 4.78 is 5.75. The van der Waals surface area contributed by atoms with E-state index in [0.717, 1.165) is 57.0 Å². The van der Waals surface area contributed by atoms with E-state index in [9.17, 15) is 4.79 Å². The molecule has 5 nitrogen and oxygen atoms in total. The van der Waals surface area contributed by atoms with Crippen molar-refractivity contribution in [3.05, 3.63) is 24.3 Å². The van der Waals surface area contributed by atoms with Crippen LogP contribution in [0.3, 0.4) is 0 Å². The van der Waals surface area contributed by atoms with Crippen LogP contribution in [0.15, 0.2) is 24.3 Å². The quantitative estimate of drug-likeness (QED) is 0.772. The lowest BCUT2D eigenvalue weighted by molar-refractivity contribution is -0.120. The number of hydrogen-bond donors (Lipinski definition) is 2. The van der Waals surface area contributed by atoms with Crippen molar-refractivity contribution in [3.63, 3.8) is 0 Å². The van der Waals surface area contributed by atoms with Crippen LogP contribution in [-0.4, -0.2) is 50.1 Å². The van der Waals surface area contributed by atoms with Crippen molar-refractivity contribution in [2.24, 2.45) is 5.92 Å². The molecule has 1 aliphatic heterocycles. The van der Waals surface area contributed by atoms with Crippen molar-refractivity contribution in [2.75, 3.05) is 44.6 Å². The first-order valence-corrected chi connectivity index (χ1v) is 8.69. The molecule has 2 N–H and O–H groups in total. The van der Waals surface area contributed by atoms with Gasteiger partial charge in [0, 0.05) is 18.8 Å². The van der Waals surface area contributed by atoms with Gasteiger partial charge in [-0.05, 0) is 56.7 Å². The van der Waals surface area contributed by atoms with E-state index in [-0.39, 0.29) is 11.8 Å². The molecular weight excluding hydrogens is 290 g/mol. The summed E-state index contributed by atoms with van der Waals surface area (Å²) in [7, 11) is 0. The van der Waals surface area contributed by atoms with Crippen LogP contribution in [0, 0.1) is 5.92 Å². The van der Waals surface area contributed by atoms with Crippen molar-refractivity contribution >= 4 is 11.6 Å². The largest absolute Gasteiger partial charge is 0.492 e. The molecule has 1 aromatic rings. The summed E-state index contributed by atoms with van der Waals surface area (Å²) in [6.45, 7) is 9.80. The number of nitrogens with one attached hydrogen (secondary N) is 2. The van der Waals surface area contributed by atoms with Crippen LogP contribution < -0.4 is 15.4 Å². The Morgan fingerprint density at radius 1 is 1.30 bits per heavy atom. The summed E-state index contributed by atoms with van der Waals surface area (Å²) in [4.78, 5) is 14.5. The normalized spacial score (nSPS) is 18.0. The summed E-state index contributed by atoms with van der Waals surface area (Å²) in [5.41, 5.74) is 0.830. The summed E-state index contributed by atoms with van der Waals surface area (Å²) >= 11 is 0. The summed E-state index contributed by atoms with van der Waals surface area (Å²) in [5, 5.41) is 6.26. The Balaban J connectivity index is 1.76. The molecule has 2 rings (SSSR count). The highest BCUT2D eigenvalue weighted by Crippen LogP contribution is 2.18. The Hall–Kier alpha value is -1.59. The molecule has 0 saturated carbocycles. The van der Waals surface area contributed by atoms with Gasteiger partial charge in [0.25, 0.3) is 0 Å². The second-order valence-electron chi connectivity index (χ2n) is 5.93. The van der Waals surface area contributed by atoms with Gasteiger partial charge in [0.2, 0.25) is 5.91 Å². The Kier molecular flexibility index (Phi) is 7.36. The van der Waals surface area contributed by atoms with Gasteiger partial charge in [-0.2, -0.15) is 0 Å². The zero-order valence-corrected chi connectivity index (χ0v) is 14.3. The van der Waals surface area contributed by atoms with Crippen molar-refractivity contribution in [1.29, 1.82) is 0 Å². The second kappa shape index (κ2) is 9.53. The maximum Gasteiger partial charge on any atom is 0.228 e. The van der Waals surface area contributed by atoms with Gasteiger partial charge in [-0.3, -0.25) is 4.79 Å². The molecule has 1 saturated heterocycles. The van der Waals surface area contributed by atoms with Crippen molar-refractivity contribution < 1.29 is 9.53 Å². The highest BCUT2D eigenvalue weighted by Gasteiger charge is 2.20. The molecule has 23 heavy (non-hydrogen) atoms. The molecule has 5 heteroatoms. The minimum absolute atomic E-state index is 0.0775. The van der Waals surface area contributed by atoms with E-state index in [4.69, 9.17) is 4.74 Å². The SMILES string of the molecule is CCN(CC)CCOc1ccc(NC(=O)C2CCCNC2)cc1. The third-order valence-electron chi connectivity index (χ3n) is 4.36. The molecular formula is C18H29N3O2. The molecule has 0 bridgehead atoms. The number of nitrogens with zero attached hydrogens (tertiary/aromatic N) is 1. The number of carbonyl (C=O) groups is 1. The lowest BCUT2D eigenvalue weighted by Crippen LogP contribution is -2.37. The average molecular weight is 319 g/mol. The van der Waals surface area contributed by atoms with Gasteiger partial charge in [0.1, 0.15) is 12.4 Å². The van der Waals surface area contributed by atoms with Crippen LogP contribution in [0.4, 0.5) is 5.69 Å². The number of benzene rings is 1. The predicted molar refractivity (Wildman–Crippen MR) is 93.9 cm³/mol. The minimum atomic E-state index is 0.0775. The van der Waals surface area contributed by atoms with Crippen LogP contribution in [-0.2, 0) is 4.79 Å². The zero-order valence-electron chi connectivity index (χ0n) is 14.3. The number of hydrogen-bond acceptors (Lipinski definition) is 4. The molecule has 0 radical (unpaired) electrons. The van der Waals surface area contributed by atoms with Gasteiger partial charge in [-0.1, -0.05) is 13.8 Å². The third-order valence-corrected chi connectivity index (χ3v) is 4.36. The van der Waals surface area contributed by atoms with Crippen molar-refractivity contribution in [2.45, 2.75) is 26.7 Å². The molecule has 0 aromatic heterocycles. The van der Waals surface area contributed by atoms with Crippen LogP contribution in [0.1, 0.15) is 26.7 Å². The molecule has 128 valence electrons. The van der Waals surface area contributed by atoms with Gasteiger partial charge < -0.3 is 20.3 Å². The van der Waals surface area contributed by atoms with Gasteiger partial charge in [0.05, 0.1) is 5.92 Å². The zero-order chi connectivity index (χ0) is 16.5. The van der Waals surface area contributed by atoms with Gasteiger partial charge >= 0.3 is 0 Å². The van der Waals surface area contributed by atoms with Crippen LogP contribution in [0.5, 0.6) is 5.75 Å². The van der Waals surface area contributed by atoms with Crippen LogP contribution in [0.2, 0.25) is 0 Å². The topological polar surface area (TPSA) is 53.6 Å². The Labute approximate surface area is 139 Å². The maximum atomic E-state index is 12.2. The minimum Gasteiger partial charge on any atom is -0.492 e. The highest BCUT2D eigenvalue weighted by molar-refractivity contribution is 5.92. The Bertz CT molecular complexity index is 466. The van der Waals surface area contributed by atoms with E-state index < -0.39 is 0 Å². The first-order chi connectivity index (χ1) is 11.2. The Morgan fingerprint density at radius 2 is 2.04 bits per heavy atom. The average Bonchev–Trinajstić information content (AvgIpc) is 2.61. The number of ether oxygens (including phenoxy) is 1. The lowest BCUT2D eigenvalue weighted by atomic mass is 9.99. The fourth-order valence-electron chi connectivity index (χ4n) is 2.79. The monoisotopic (exact) mass is 319 g/mol. The number of piperidine rings is 1. The van der Waals surface area contributed by atoms with Crippen molar-refractivity contribution in [3.8, 4) is 5.75 Å². The van der Waals surface area contributed by atoms with E-state index in [1.54, 1.807) is 0 Å². The number of amides is 1. The fourth-order valence-corrected chi connectivity index (χ4v) is 2.79. The molecule has 1 atom stereocenters. The lowest BCUT2D eigenvalue weighted by Gasteiger charge is -2.22. The highest BCUT2D eigenvalue weighted by atomic mass is 16.5. The number of anilines is 1. The summed E-state index contributed by atoms with van der Waals surface area (Å²) in [5.74, 6) is 1.02. The van der Waals surface area contributed by atoms with Crippen molar-refractivity contribution in [1.82, 2.24) is 10.2 Å². The number of likely N-dealkylation sites (N-methyl/N-ethyl adjacent to an activating group) is 1. The molecule has 1 amide bonds. The van der Waals surface area contributed by atoms with E-state index >= 15 is 0 Å². The first kappa shape index (κ1) is 17.8. The van der Waals surface area contributed by atoms with Gasteiger partial charge in [-0.15, -0.1) is 0 Å². The molecule has 1 fully saturated rings. The van der Waals surface area contributed by atoms with E-state index in [1.165, 1.54) is 0 Å². The first-order valence-electron chi connectivity index (χ1n) is 8.69. The molecule has 1 aromatic carbocycles. The van der Waals surface area contributed by atoms with Crippen LogP contribution in [0.25, 0.3) is 0 Å². The summed E-state index contributed by atoms with van der Waals surface area (Å²) in [6.07, 6.45) is 2.03. The van der Waals surface area contributed by atoms with E-state index in [1.807, 2.05) is 24.3 Å². The second-order valence-corrected chi connectivity index (χ2v) is 5.93. The van der Waals surface area contributed by atoms with Gasteiger partial charge in [-0.25, -0.2) is 0 Å². The van der Waals surface area contributed by atoms with E-state index in [0.29, 0.717) is 6.61 Å². The molecule has 1 heterocycles. The fraction of sp³-hybridized carbons (Fsp3) is 0.611. The summed E-state index contributed by atoms with van der Waals surface area (Å²) in [6, 6.07) is 7.63. The Morgan fingerprint density at radius 3 is 2.65 bits per heavy atom. The van der Waals surface area contributed by atoms with E-state index in [2.05, 4.69) is 29.4 Å². The molecule has 1 aliphatic rings. The smallest absolute Gasteiger partial charge is 0.228 e.